The summed E-state index contributed by atoms with van der Waals surface area (Å²) in [6, 6.07) is 8.10. The highest BCUT2D eigenvalue weighted by Crippen LogP contribution is 2.18. The number of nitrogens with one attached hydrogen (secondary N) is 1. The van der Waals surface area contributed by atoms with Crippen molar-refractivity contribution in [3.05, 3.63) is 28.7 Å². The van der Waals surface area contributed by atoms with Crippen LogP contribution in [0.5, 0.6) is 0 Å². The SMILES string of the molecule is Brc1ccc(NC2=NCCS2)cc1.Cl. The average Bonchev–Trinajstić information content (AvgIpc) is 2.62. The number of aliphatic imine (C=N–C) groups is 1. The summed E-state index contributed by atoms with van der Waals surface area (Å²) in [7, 11) is 0. The van der Waals surface area contributed by atoms with Crippen molar-refractivity contribution < 1.29 is 0 Å². The lowest BCUT2D eigenvalue weighted by molar-refractivity contribution is 1.17. The maximum atomic E-state index is 4.31. The highest BCUT2D eigenvalue weighted by molar-refractivity contribution is 9.10. The molecule has 1 aliphatic heterocycles. The van der Waals surface area contributed by atoms with Crippen LogP contribution in [0.2, 0.25) is 0 Å². The Morgan fingerprint density at radius 1 is 1.29 bits per heavy atom. The van der Waals surface area contributed by atoms with Gasteiger partial charge < -0.3 is 5.32 Å². The summed E-state index contributed by atoms with van der Waals surface area (Å²) < 4.78 is 1.10. The molecule has 0 radical (unpaired) electrons. The van der Waals surface area contributed by atoms with Crippen LogP contribution in [0.25, 0.3) is 0 Å². The normalized spacial score (nSPS) is 14.5. The van der Waals surface area contributed by atoms with E-state index in [1.54, 1.807) is 11.8 Å². The monoisotopic (exact) mass is 292 g/mol. The molecule has 0 fully saturated rings. The molecule has 1 aromatic rings. The summed E-state index contributed by atoms with van der Waals surface area (Å²) in [5.41, 5.74) is 1.09. The van der Waals surface area contributed by atoms with E-state index in [9.17, 15) is 0 Å². The Morgan fingerprint density at radius 3 is 2.57 bits per heavy atom. The second kappa shape index (κ2) is 5.63. The van der Waals surface area contributed by atoms with Crippen LogP contribution in [0.1, 0.15) is 0 Å². The van der Waals surface area contributed by atoms with Gasteiger partial charge in [-0.05, 0) is 24.3 Å². The zero-order valence-electron chi connectivity index (χ0n) is 7.37. The van der Waals surface area contributed by atoms with E-state index in [1.165, 1.54) is 0 Å². The summed E-state index contributed by atoms with van der Waals surface area (Å²) in [6.45, 7) is 0.934. The average molecular weight is 294 g/mol. The van der Waals surface area contributed by atoms with Crippen molar-refractivity contribution in [3.63, 3.8) is 0 Å². The van der Waals surface area contributed by atoms with Gasteiger partial charge in [0.15, 0.2) is 5.17 Å². The van der Waals surface area contributed by atoms with Gasteiger partial charge in [0, 0.05) is 15.9 Å². The Morgan fingerprint density at radius 2 is 2.00 bits per heavy atom. The van der Waals surface area contributed by atoms with Gasteiger partial charge in [0.25, 0.3) is 0 Å². The van der Waals surface area contributed by atoms with E-state index in [4.69, 9.17) is 0 Å². The van der Waals surface area contributed by atoms with Gasteiger partial charge in [0.2, 0.25) is 0 Å². The maximum absolute atomic E-state index is 4.31. The van der Waals surface area contributed by atoms with Crippen LogP contribution >= 0.6 is 40.1 Å². The van der Waals surface area contributed by atoms with Gasteiger partial charge in [-0.3, -0.25) is 4.99 Å². The van der Waals surface area contributed by atoms with Gasteiger partial charge in [0.05, 0.1) is 6.54 Å². The first-order chi connectivity index (χ1) is 6.34. The van der Waals surface area contributed by atoms with Gasteiger partial charge in [-0.15, -0.1) is 12.4 Å². The van der Waals surface area contributed by atoms with Crippen molar-refractivity contribution in [2.24, 2.45) is 4.99 Å². The summed E-state index contributed by atoms with van der Waals surface area (Å²) in [6.07, 6.45) is 0. The lowest BCUT2D eigenvalue weighted by Crippen LogP contribution is -2.04. The summed E-state index contributed by atoms with van der Waals surface area (Å²) >= 11 is 5.16. The molecule has 1 N–H and O–H groups in total. The van der Waals surface area contributed by atoms with Crippen molar-refractivity contribution >= 4 is 51.0 Å². The van der Waals surface area contributed by atoms with Crippen molar-refractivity contribution in [3.8, 4) is 0 Å². The number of halogens is 2. The van der Waals surface area contributed by atoms with E-state index < -0.39 is 0 Å². The van der Waals surface area contributed by atoms with Gasteiger partial charge in [-0.2, -0.15) is 0 Å². The van der Waals surface area contributed by atoms with Gasteiger partial charge in [0.1, 0.15) is 0 Å². The number of rotatable bonds is 1. The zero-order valence-corrected chi connectivity index (χ0v) is 10.6. The number of nitrogens with zero attached hydrogens (tertiary/aromatic N) is 1. The molecule has 0 bridgehead atoms. The standard InChI is InChI=1S/C9H9BrN2S.ClH/c10-7-1-3-8(4-2-7)12-9-11-5-6-13-9;/h1-4H,5-6H2,(H,11,12);1H. The third-order valence-electron chi connectivity index (χ3n) is 1.68. The van der Waals surface area contributed by atoms with Crippen LogP contribution in [-0.2, 0) is 0 Å². The fourth-order valence-corrected chi connectivity index (χ4v) is 2.08. The van der Waals surface area contributed by atoms with Crippen LogP contribution in [0.3, 0.4) is 0 Å². The number of thioether (sulfide) groups is 1. The van der Waals surface area contributed by atoms with E-state index in [0.29, 0.717) is 0 Å². The minimum absolute atomic E-state index is 0. The molecule has 76 valence electrons. The van der Waals surface area contributed by atoms with Crippen LogP contribution in [0, 0.1) is 0 Å². The summed E-state index contributed by atoms with van der Waals surface area (Å²) in [5.74, 6) is 1.10. The highest BCUT2D eigenvalue weighted by atomic mass is 79.9. The third-order valence-corrected chi connectivity index (χ3v) is 3.10. The Hall–Kier alpha value is -0.190. The van der Waals surface area contributed by atoms with Crippen molar-refractivity contribution in [1.29, 1.82) is 0 Å². The molecule has 2 nitrogen and oxygen atoms in total. The summed E-state index contributed by atoms with van der Waals surface area (Å²) in [5, 5.41) is 4.29. The first kappa shape index (κ1) is 11.9. The fraction of sp³-hybridized carbons (Fsp3) is 0.222. The van der Waals surface area contributed by atoms with Crippen molar-refractivity contribution in [2.75, 3.05) is 17.6 Å². The molecule has 1 aliphatic rings. The van der Waals surface area contributed by atoms with Crippen LogP contribution in [-0.4, -0.2) is 17.5 Å². The molecular weight excluding hydrogens is 284 g/mol. The molecule has 0 spiro atoms. The molecule has 0 atom stereocenters. The van der Waals surface area contributed by atoms with Crippen LogP contribution in [0.15, 0.2) is 33.7 Å². The second-order valence-corrected chi connectivity index (χ2v) is 4.67. The second-order valence-electron chi connectivity index (χ2n) is 2.67. The largest absolute Gasteiger partial charge is 0.335 e. The lowest BCUT2D eigenvalue weighted by Gasteiger charge is -2.03. The van der Waals surface area contributed by atoms with Crippen molar-refractivity contribution in [1.82, 2.24) is 0 Å². The molecule has 1 aromatic carbocycles. The number of hydrogen-bond acceptors (Lipinski definition) is 3. The molecule has 0 aliphatic carbocycles. The molecule has 2 rings (SSSR count). The third kappa shape index (κ3) is 3.19. The molecule has 0 amide bonds. The predicted octanol–water partition coefficient (Wildman–Crippen LogP) is 3.39. The molecule has 0 unspecified atom stereocenters. The molecule has 5 heteroatoms. The topological polar surface area (TPSA) is 24.4 Å². The highest BCUT2D eigenvalue weighted by Gasteiger charge is 2.05. The molecule has 0 saturated heterocycles. The lowest BCUT2D eigenvalue weighted by atomic mass is 10.3. The minimum atomic E-state index is 0. The first-order valence-electron chi connectivity index (χ1n) is 4.04. The number of benzene rings is 1. The van der Waals surface area contributed by atoms with Crippen LogP contribution < -0.4 is 5.32 Å². The smallest absolute Gasteiger partial charge is 0.161 e. The maximum Gasteiger partial charge on any atom is 0.161 e. The molecule has 0 saturated carbocycles. The number of hydrogen-bond donors (Lipinski definition) is 1. The first-order valence-corrected chi connectivity index (χ1v) is 5.82. The molecule has 14 heavy (non-hydrogen) atoms. The van der Waals surface area contributed by atoms with E-state index in [0.717, 1.165) is 27.6 Å². The fourth-order valence-electron chi connectivity index (χ4n) is 1.07. The van der Waals surface area contributed by atoms with E-state index in [2.05, 4.69) is 26.2 Å². The molecule has 1 heterocycles. The van der Waals surface area contributed by atoms with Gasteiger partial charge in [-0.25, -0.2) is 0 Å². The van der Waals surface area contributed by atoms with Gasteiger partial charge in [-0.1, -0.05) is 27.7 Å². The van der Waals surface area contributed by atoms with E-state index in [1.807, 2.05) is 24.3 Å². The molecule has 0 aromatic heterocycles. The predicted molar refractivity (Wildman–Crippen MR) is 69.8 cm³/mol. The van der Waals surface area contributed by atoms with E-state index in [-0.39, 0.29) is 12.4 Å². The quantitative estimate of drug-likeness (QED) is 0.858. The van der Waals surface area contributed by atoms with Crippen LogP contribution in [0.4, 0.5) is 5.69 Å². The van der Waals surface area contributed by atoms with Crippen molar-refractivity contribution in [2.45, 2.75) is 0 Å². The number of anilines is 1. The van der Waals surface area contributed by atoms with Gasteiger partial charge >= 0.3 is 0 Å². The Balaban J connectivity index is 0.000000980. The number of amidine groups is 1. The Kier molecular flexibility index (Phi) is 4.78. The molecular formula is C9H10BrClN2S. The zero-order chi connectivity index (χ0) is 9.10. The van der Waals surface area contributed by atoms with E-state index >= 15 is 0 Å². The summed E-state index contributed by atoms with van der Waals surface area (Å²) in [4.78, 5) is 4.31. The Labute approximate surface area is 102 Å². The Bertz CT molecular complexity index is 326. The minimum Gasteiger partial charge on any atom is -0.335 e.